The molecule has 2 aliphatic heterocycles. The van der Waals surface area contributed by atoms with Crippen LogP contribution < -0.4 is 0 Å². The molecule has 104 valence electrons. The van der Waals surface area contributed by atoms with Gasteiger partial charge in [0, 0.05) is 37.9 Å². The SMILES string of the molecule is CC(C)C1CN2CCCC2CN1Cc1cccnn1. The minimum Gasteiger partial charge on any atom is -0.298 e. The zero-order chi connectivity index (χ0) is 13.2. The van der Waals surface area contributed by atoms with Crippen molar-refractivity contribution in [2.24, 2.45) is 5.92 Å². The average molecular weight is 260 g/mol. The lowest BCUT2D eigenvalue weighted by atomic mass is 9.97. The van der Waals surface area contributed by atoms with Crippen LogP contribution in [-0.2, 0) is 6.54 Å². The van der Waals surface area contributed by atoms with E-state index in [-0.39, 0.29) is 0 Å². The van der Waals surface area contributed by atoms with Gasteiger partial charge in [0.25, 0.3) is 0 Å². The van der Waals surface area contributed by atoms with Gasteiger partial charge in [-0.3, -0.25) is 9.80 Å². The Morgan fingerprint density at radius 2 is 2.26 bits per heavy atom. The first-order chi connectivity index (χ1) is 9.24. The maximum Gasteiger partial charge on any atom is 0.0771 e. The van der Waals surface area contributed by atoms with E-state index in [0.717, 1.165) is 18.3 Å². The van der Waals surface area contributed by atoms with Crippen LogP contribution in [0.1, 0.15) is 32.4 Å². The van der Waals surface area contributed by atoms with E-state index in [2.05, 4.69) is 39.9 Å². The maximum atomic E-state index is 4.25. The van der Waals surface area contributed by atoms with E-state index in [0.29, 0.717) is 12.0 Å². The molecule has 2 fully saturated rings. The van der Waals surface area contributed by atoms with Crippen LogP contribution >= 0.6 is 0 Å². The minimum atomic E-state index is 0.649. The third-order valence-corrected chi connectivity index (χ3v) is 4.60. The van der Waals surface area contributed by atoms with Crippen molar-refractivity contribution in [3.63, 3.8) is 0 Å². The first-order valence-electron chi connectivity index (χ1n) is 7.48. The van der Waals surface area contributed by atoms with Crippen molar-refractivity contribution in [2.45, 2.75) is 45.3 Å². The summed E-state index contributed by atoms with van der Waals surface area (Å²) in [5.74, 6) is 0.693. The molecule has 0 spiro atoms. The summed E-state index contributed by atoms with van der Waals surface area (Å²) in [5.41, 5.74) is 1.10. The standard InChI is InChI=1S/C15H24N4/c1-12(2)15-11-18-8-4-6-14(18)10-19(15)9-13-5-3-7-16-17-13/h3,5,7,12,14-15H,4,6,8-11H2,1-2H3. The molecule has 1 aromatic rings. The smallest absolute Gasteiger partial charge is 0.0771 e. The molecule has 4 nitrogen and oxygen atoms in total. The highest BCUT2D eigenvalue weighted by Gasteiger charge is 2.37. The Bertz CT molecular complexity index is 406. The third kappa shape index (κ3) is 2.79. The zero-order valence-electron chi connectivity index (χ0n) is 12.0. The summed E-state index contributed by atoms with van der Waals surface area (Å²) < 4.78 is 0. The van der Waals surface area contributed by atoms with Gasteiger partial charge in [-0.25, -0.2) is 0 Å². The lowest BCUT2D eigenvalue weighted by molar-refractivity contribution is 0.0230. The van der Waals surface area contributed by atoms with Gasteiger partial charge in [-0.2, -0.15) is 10.2 Å². The minimum absolute atomic E-state index is 0.649. The van der Waals surface area contributed by atoms with Crippen LogP contribution in [0.3, 0.4) is 0 Å². The average Bonchev–Trinajstić information content (AvgIpc) is 2.86. The predicted octanol–water partition coefficient (Wildman–Crippen LogP) is 1.78. The van der Waals surface area contributed by atoms with Crippen LogP contribution in [0, 0.1) is 5.92 Å². The third-order valence-electron chi connectivity index (χ3n) is 4.60. The molecule has 1 aromatic heterocycles. The van der Waals surface area contributed by atoms with Gasteiger partial charge >= 0.3 is 0 Å². The van der Waals surface area contributed by atoms with Crippen molar-refractivity contribution in [3.05, 3.63) is 24.0 Å². The fraction of sp³-hybridized carbons (Fsp3) is 0.733. The Morgan fingerprint density at radius 1 is 1.37 bits per heavy atom. The highest BCUT2D eigenvalue weighted by Crippen LogP contribution is 2.28. The van der Waals surface area contributed by atoms with Gasteiger partial charge in [0.05, 0.1) is 5.69 Å². The second-order valence-electron chi connectivity index (χ2n) is 6.25. The molecule has 0 aliphatic carbocycles. The summed E-state index contributed by atoms with van der Waals surface area (Å²) in [4.78, 5) is 5.32. The van der Waals surface area contributed by atoms with E-state index in [4.69, 9.17) is 0 Å². The van der Waals surface area contributed by atoms with Gasteiger partial charge in [0.1, 0.15) is 0 Å². The molecule has 0 saturated carbocycles. The normalized spacial score (nSPS) is 28.8. The van der Waals surface area contributed by atoms with Crippen molar-refractivity contribution < 1.29 is 0 Å². The van der Waals surface area contributed by atoms with Crippen LogP contribution in [-0.4, -0.2) is 51.7 Å². The first kappa shape index (κ1) is 13.0. The van der Waals surface area contributed by atoms with Crippen LogP contribution in [0.2, 0.25) is 0 Å². The molecule has 0 N–H and O–H groups in total. The van der Waals surface area contributed by atoms with E-state index in [1.807, 2.05) is 6.07 Å². The van der Waals surface area contributed by atoms with E-state index in [1.54, 1.807) is 6.20 Å². The molecule has 0 bridgehead atoms. The van der Waals surface area contributed by atoms with Crippen LogP contribution in [0.25, 0.3) is 0 Å². The molecular weight excluding hydrogens is 236 g/mol. The number of piperazine rings is 1. The van der Waals surface area contributed by atoms with Crippen molar-refractivity contribution >= 4 is 0 Å². The second kappa shape index (κ2) is 5.55. The monoisotopic (exact) mass is 260 g/mol. The second-order valence-corrected chi connectivity index (χ2v) is 6.25. The molecule has 2 atom stereocenters. The van der Waals surface area contributed by atoms with Crippen molar-refractivity contribution in [3.8, 4) is 0 Å². The maximum absolute atomic E-state index is 4.25. The summed E-state index contributed by atoms with van der Waals surface area (Å²) in [6.07, 6.45) is 4.48. The topological polar surface area (TPSA) is 32.3 Å². The molecule has 3 rings (SSSR count). The number of hydrogen-bond donors (Lipinski definition) is 0. The highest BCUT2D eigenvalue weighted by molar-refractivity contribution is 5.02. The van der Waals surface area contributed by atoms with E-state index in [9.17, 15) is 0 Å². The van der Waals surface area contributed by atoms with Gasteiger partial charge in [-0.1, -0.05) is 13.8 Å². The number of rotatable bonds is 3. The Morgan fingerprint density at radius 3 is 3.00 bits per heavy atom. The van der Waals surface area contributed by atoms with Crippen molar-refractivity contribution in [2.75, 3.05) is 19.6 Å². The molecule has 2 unspecified atom stereocenters. The lowest BCUT2D eigenvalue weighted by Gasteiger charge is -2.45. The molecule has 2 saturated heterocycles. The number of hydrogen-bond acceptors (Lipinski definition) is 4. The van der Waals surface area contributed by atoms with E-state index >= 15 is 0 Å². The summed E-state index contributed by atoms with van der Waals surface area (Å²) in [5, 5.41) is 8.25. The van der Waals surface area contributed by atoms with Gasteiger partial charge in [-0.15, -0.1) is 0 Å². The fourth-order valence-corrected chi connectivity index (χ4v) is 3.54. The molecule has 0 aromatic carbocycles. The molecule has 0 amide bonds. The summed E-state index contributed by atoms with van der Waals surface area (Å²) in [7, 11) is 0. The van der Waals surface area contributed by atoms with Crippen molar-refractivity contribution in [1.29, 1.82) is 0 Å². The quantitative estimate of drug-likeness (QED) is 0.829. The highest BCUT2D eigenvalue weighted by atomic mass is 15.3. The van der Waals surface area contributed by atoms with Crippen LogP contribution in [0.15, 0.2) is 18.3 Å². The number of nitrogens with zero attached hydrogens (tertiary/aromatic N) is 4. The molecule has 3 heterocycles. The van der Waals surface area contributed by atoms with Gasteiger partial charge in [0.15, 0.2) is 0 Å². The number of fused-ring (bicyclic) bond motifs is 1. The summed E-state index contributed by atoms with van der Waals surface area (Å²) in [6, 6.07) is 5.49. The van der Waals surface area contributed by atoms with Gasteiger partial charge in [0.2, 0.25) is 0 Å². The fourth-order valence-electron chi connectivity index (χ4n) is 3.54. The lowest BCUT2D eigenvalue weighted by Crippen LogP contribution is -2.57. The van der Waals surface area contributed by atoms with Crippen molar-refractivity contribution in [1.82, 2.24) is 20.0 Å². The largest absolute Gasteiger partial charge is 0.298 e. The first-order valence-corrected chi connectivity index (χ1v) is 7.48. The van der Waals surface area contributed by atoms with E-state index < -0.39 is 0 Å². The number of aromatic nitrogens is 2. The summed E-state index contributed by atoms with van der Waals surface area (Å²) >= 11 is 0. The Balaban J connectivity index is 1.73. The van der Waals surface area contributed by atoms with E-state index in [1.165, 1.54) is 32.5 Å². The molecular formula is C15H24N4. The molecule has 19 heavy (non-hydrogen) atoms. The Hall–Kier alpha value is -1.00. The van der Waals surface area contributed by atoms with Crippen LogP contribution in [0.5, 0.6) is 0 Å². The Labute approximate surface area is 115 Å². The van der Waals surface area contributed by atoms with Crippen LogP contribution in [0.4, 0.5) is 0 Å². The zero-order valence-corrected chi connectivity index (χ0v) is 12.0. The van der Waals surface area contributed by atoms with Gasteiger partial charge < -0.3 is 0 Å². The Kier molecular flexibility index (Phi) is 3.80. The molecule has 0 radical (unpaired) electrons. The summed E-state index contributed by atoms with van der Waals surface area (Å²) in [6.45, 7) is 9.34. The molecule has 2 aliphatic rings. The van der Waals surface area contributed by atoms with Gasteiger partial charge in [-0.05, 0) is 37.4 Å². The molecule has 4 heteroatoms. The predicted molar refractivity (Wildman–Crippen MR) is 75.7 cm³/mol.